The molecule has 3 atom stereocenters. The van der Waals surface area contributed by atoms with E-state index in [1.54, 1.807) is 6.92 Å². The fraction of sp³-hybridized carbons (Fsp3) is 0.591. The maximum Gasteiger partial charge on any atom is 0.305 e. The summed E-state index contributed by atoms with van der Waals surface area (Å²) in [6.07, 6.45) is 5.88. The smallest absolute Gasteiger partial charge is 0.305 e. The predicted octanol–water partition coefficient (Wildman–Crippen LogP) is 2.92. The van der Waals surface area contributed by atoms with E-state index in [-0.39, 0.29) is 30.2 Å². The zero-order valence-electron chi connectivity index (χ0n) is 16.6. The quantitative estimate of drug-likeness (QED) is 0.577. The average Bonchev–Trinajstić information content (AvgIpc) is 3.11. The van der Waals surface area contributed by atoms with Crippen LogP contribution in [0, 0.1) is 5.92 Å². The summed E-state index contributed by atoms with van der Waals surface area (Å²) < 4.78 is 4.91. The predicted molar refractivity (Wildman–Crippen MR) is 106 cm³/mol. The van der Waals surface area contributed by atoms with Crippen molar-refractivity contribution in [3.05, 3.63) is 35.9 Å². The van der Waals surface area contributed by atoms with Gasteiger partial charge in [0.15, 0.2) is 0 Å². The highest BCUT2D eigenvalue weighted by molar-refractivity contribution is 5.98. The first-order valence-corrected chi connectivity index (χ1v) is 10.4. The Morgan fingerprint density at radius 1 is 1.14 bits per heavy atom. The summed E-state index contributed by atoms with van der Waals surface area (Å²) in [5.74, 6) is -0.00887. The monoisotopic (exact) mass is 386 g/mol. The maximum absolute atomic E-state index is 13.2. The van der Waals surface area contributed by atoms with Crippen LogP contribution < -0.4 is 5.32 Å². The zero-order chi connectivity index (χ0) is 19.9. The molecule has 152 valence electrons. The molecule has 0 aromatic heterocycles. The Bertz CT molecular complexity index is 691. The molecule has 1 aliphatic heterocycles. The molecule has 0 bridgehead atoms. The van der Waals surface area contributed by atoms with Gasteiger partial charge in [-0.2, -0.15) is 0 Å². The molecule has 3 unspecified atom stereocenters. The standard InChI is InChI=1S/C22H30N2O4/c1-2-28-20(25)13-8-14-23-21(26)19-15-17-11-6-7-12-18(17)24(19)22(27)16-9-4-3-5-10-16/h3-5,9-10,17-19H,2,6-8,11-15H2,1H3,(H,23,26). The second kappa shape index (κ2) is 9.71. The van der Waals surface area contributed by atoms with Gasteiger partial charge in [0.25, 0.3) is 5.91 Å². The first kappa shape index (κ1) is 20.4. The molecule has 28 heavy (non-hydrogen) atoms. The SMILES string of the molecule is CCOC(=O)CCCNC(=O)C1CC2CCCCC2N1C(=O)c1ccccc1. The van der Waals surface area contributed by atoms with Gasteiger partial charge in [-0.25, -0.2) is 0 Å². The molecule has 0 spiro atoms. The van der Waals surface area contributed by atoms with Crippen molar-refractivity contribution in [3.8, 4) is 0 Å². The minimum absolute atomic E-state index is 0.0540. The molecule has 1 heterocycles. The molecule has 3 rings (SSSR count). The van der Waals surface area contributed by atoms with Crippen LogP contribution in [-0.2, 0) is 14.3 Å². The Hall–Kier alpha value is -2.37. The molecule has 1 aliphatic carbocycles. The average molecular weight is 386 g/mol. The lowest BCUT2D eigenvalue weighted by Crippen LogP contribution is -2.49. The van der Waals surface area contributed by atoms with E-state index in [1.165, 1.54) is 6.42 Å². The van der Waals surface area contributed by atoms with Crippen molar-refractivity contribution in [3.63, 3.8) is 0 Å². The van der Waals surface area contributed by atoms with Gasteiger partial charge in [0, 0.05) is 24.6 Å². The second-order valence-corrected chi connectivity index (χ2v) is 7.64. The third-order valence-electron chi connectivity index (χ3n) is 5.81. The molecule has 1 saturated heterocycles. The Morgan fingerprint density at radius 3 is 2.64 bits per heavy atom. The van der Waals surface area contributed by atoms with Crippen molar-refractivity contribution in [1.29, 1.82) is 0 Å². The summed E-state index contributed by atoms with van der Waals surface area (Å²) >= 11 is 0. The first-order chi connectivity index (χ1) is 13.6. The van der Waals surface area contributed by atoms with E-state index in [9.17, 15) is 14.4 Å². The number of nitrogens with one attached hydrogen (secondary N) is 1. The van der Waals surface area contributed by atoms with Crippen LogP contribution in [0.4, 0.5) is 0 Å². The molecule has 1 saturated carbocycles. The Labute approximate surface area is 166 Å². The number of likely N-dealkylation sites (tertiary alicyclic amines) is 1. The molecule has 2 amide bonds. The van der Waals surface area contributed by atoms with Crippen molar-refractivity contribution in [2.45, 2.75) is 64.0 Å². The molecular weight excluding hydrogens is 356 g/mol. The molecule has 2 fully saturated rings. The minimum atomic E-state index is -0.427. The highest BCUT2D eigenvalue weighted by Crippen LogP contribution is 2.40. The van der Waals surface area contributed by atoms with E-state index < -0.39 is 6.04 Å². The number of amides is 2. The number of hydrogen-bond donors (Lipinski definition) is 1. The summed E-state index contributed by atoms with van der Waals surface area (Å²) in [5.41, 5.74) is 0.633. The lowest BCUT2D eigenvalue weighted by Gasteiger charge is -2.33. The molecule has 2 aliphatic rings. The van der Waals surface area contributed by atoms with Gasteiger partial charge in [-0.3, -0.25) is 14.4 Å². The van der Waals surface area contributed by atoms with Crippen LogP contribution in [-0.4, -0.2) is 47.9 Å². The van der Waals surface area contributed by atoms with E-state index in [4.69, 9.17) is 4.74 Å². The van der Waals surface area contributed by atoms with Gasteiger partial charge in [-0.1, -0.05) is 31.0 Å². The summed E-state index contributed by atoms with van der Waals surface area (Å²) in [7, 11) is 0. The fourth-order valence-electron chi connectivity index (χ4n) is 4.51. The zero-order valence-corrected chi connectivity index (χ0v) is 16.6. The van der Waals surface area contributed by atoms with E-state index in [0.717, 1.165) is 25.7 Å². The number of nitrogens with zero attached hydrogens (tertiary/aromatic N) is 1. The highest BCUT2D eigenvalue weighted by atomic mass is 16.5. The molecule has 1 aromatic rings. The van der Waals surface area contributed by atoms with Gasteiger partial charge in [0.2, 0.25) is 5.91 Å². The molecular formula is C22H30N2O4. The van der Waals surface area contributed by atoms with Gasteiger partial charge >= 0.3 is 5.97 Å². The highest BCUT2D eigenvalue weighted by Gasteiger charge is 2.47. The van der Waals surface area contributed by atoms with E-state index in [1.807, 2.05) is 35.2 Å². The van der Waals surface area contributed by atoms with Crippen molar-refractivity contribution in [2.75, 3.05) is 13.2 Å². The van der Waals surface area contributed by atoms with Gasteiger partial charge in [-0.15, -0.1) is 0 Å². The molecule has 1 N–H and O–H groups in total. The molecule has 6 nitrogen and oxygen atoms in total. The number of hydrogen-bond acceptors (Lipinski definition) is 4. The molecule has 0 radical (unpaired) electrons. The fourth-order valence-corrected chi connectivity index (χ4v) is 4.51. The van der Waals surface area contributed by atoms with Crippen LogP contribution in [0.2, 0.25) is 0 Å². The van der Waals surface area contributed by atoms with Gasteiger partial charge in [0.05, 0.1) is 6.61 Å². The normalized spacial score (nSPS) is 23.8. The number of benzene rings is 1. The van der Waals surface area contributed by atoms with E-state index in [0.29, 0.717) is 31.1 Å². The van der Waals surface area contributed by atoms with Crippen LogP contribution in [0.3, 0.4) is 0 Å². The van der Waals surface area contributed by atoms with Crippen LogP contribution in [0.15, 0.2) is 30.3 Å². The lowest BCUT2D eigenvalue weighted by atomic mass is 9.84. The maximum atomic E-state index is 13.2. The summed E-state index contributed by atoms with van der Waals surface area (Å²) in [4.78, 5) is 39.3. The number of carbonyl (C=O) groups is 3. The van der Waals surface area contributed by atoms with Crippen molar-refractivity contribution < 1.29 is 19.1 Å². The number of carbonyl (C=O) groups excluding carboxylic acids is 3. The molecule has 1 aromatic carbocycles. The Kier molecular flexibility index (Phi) is 7.06. The first-order valence-electron chi connectivity index (χ1n) is 10.4. The van der Waals surface area contributed by atoms with E-state index >= 15 is 0 Å². The number of rotatable bonds is 7. The topological polar surface area (TPSA) is 75.7 Å². The van der Waals surface area contributed by atoms with Crippen molar-refractivity contribution in [2.24, 2.45) is 5.92 Å². The summed E-state index contributed by atoms with van der Waals surface area (Å²) in [6.45, 7) is 2.56. The van der Waals surface area contributed by atoms with Gasteiger partial charge in [0.1, 0.15) is 6.04 Å². The minimum Gasteiger partial charge on any atom is -0.466 e. The summed E-state index contributed by atoms with van der Waals surface area (Å²) in [6, 6.07) is 8.94. The number of esters is 1. The van der Waals surface area contributed by atoms with Gasteiger partial charge < -0.3 is 15.0 Å². The number of fused-ring (bicyclic) bond motifs is 1. The van der Waals surface area contributed by atoms with Crippen LogP contribution in [0.5, 0.6) is 0 Å². The van der Waals surface area contributed by atoms with Crippen LogP contribution in [0.25, 0.3) is 0 Å². The Morgan fingerprint density at radius 2 is 1.89 bits per heavy atom. The van der Waals surface area contributed by atoms with Crippen molar-refractivity contribution >= 4 is 17.8 Å². The lowest BCUT2D eigenvalue weighted by molar-refractivity contribution is -0.143. The molecule has 6 heteroatoms. The second-order valence-electron chi connectivity index (χ2n) is 7.64. The van der Waals surface area contributed by atoms with Crippen LogP contribution >= 0.6 is 0 Å². The van der Waals surface area contributed by atoms with E-state index in [2.05, 4.69) is 5.32 Å². The van der Waals surface area contributed by atoms with Crippen LogP contribution in [0.1, 0.15) is 62.2 Å². The van der Waals surface area contributed by atoms with Crippen molar-refractivity contribution in [1.82, 2.24) is 10.2 Å². The number of ether oxygens (including phenoxy) is 1. The third kappa shape index (κ3) is 4.72. The van der Waals surface area contributed by atoms with Gasteiger partial charge in [-0.05, 0) is 50.7 Å². The Balaban J connectivity index is 1.64. The third-order valence-corrected chi connectivity index (χ3v) is 5.81. The summed E-state index contributed by atoms with van der Waals surface area (Å²) in [5, 5.41) is 2.93. The largest absolute Gasteiger partial charge is 0.466 e.